The first-order chi connectivity index (χ1) is 10.2. The molecule has 0 aromatic rings. The summed E-state index contributed by atoms with van der Waals surface area (Å²) < 4.78 is 5.83. The van der Waals surface area contributed by atoms with Crippen LogP contribution in [0.1, 0.15) is 77.0 Å². The summed E-state index contributed by atoms with van der Waals surface area (Å²) in [7, 11) is 0. The third-order valence-corrected chi connectivity index (χ3v) is 4.82. The smallest absolute Gasteiger partial charge is 0.222 e. The predicted molar refractivity (Wildman–Crippen MR) is 83.1 cm³/mol. The molecule has 0 heterocycles. The van der Waals surface area contributed by atoms with Gasteiger partial charge in [0.2, 0.25) is 5.91 Å². The summed E-state index contributed by atoms with van der Waals surface area (Å²) in [6.07, 6.45) is 12.7. The van der Waals surface area contributed by atoms with Crippen LogP contribution < -0.4 is 5.32 Å². The van der Waals surface area contributed by atoms with Gasteiger partial charge in [-0.25, -0.2) is 0 Å². The quantitative estimate of drug-likeness (QED) is 0.710. The van der Waals surface area contributed by atoms with Crippen molar-refractivity contribution >= 4 is 5.91 Å². The van der Waals surface area contributed by atoms with Gasteiger partial charge in [0, 0.05) is 13.2 Å². The van der Waals surface area contributed by atoms with Crippen molar-refractivity contribution in [2.45, 2.75) is 88.8 Å². The molecule has 0 saturated heterocycles. The topological polar surface area (TPSA) is 58.6 Å². The minimum Gasteiger partial charge on any atom is -0.389 e. The lowest BCUT2D eigenvalue weighted by atomic mass is 9.82. The van der Waals surface area contributed by atoms with Crippen molar-refractivity contribution in [3.63, 3.8) is 0 Å². The largest absolute Gasteiger partial charge is 0.389 e. The Morgan fingerprint density at radius 3 is 2.48 bits per heavy atom. The molecule has 0 bridgehead atoms. The van der Waals surface area contributed by atoms with Crippen molar-refractivity contribution in [3.05, 3.63) is 0 Å². The third kappa shape index (κ3) is 6.35. The van der Waals surface area contributed by atoms with Crippen LogP contribution in [0.3, 0.4) is 0 Å². The van der Waals surface area contributed by atoms with Crippen molar-refractivity contribution in [2.24, 2.45) is 0 Å². The number of carbonyl (C=O) groups is 1. The van der Waals surface area contributed by atoms with E-state index in [1.165, 1.54) is 38.5 Å². The summed E-state index contributed by atoms with van der Waals surface area (Å²) in [5.74, 6) is -0.0166. The second-order valence-electron chi connectivity index (χ2n) is 6.80. The first-order valence-electron chi connectivity index (χ1n) is 8.79. The van der Waals surface area contributed by atoms with E-state index >= 15 is 0 Å². The maximum Gasteiger partial charge on any atom is 0.222 e. The van der Waals surface area contributed by atoms with Crippen LogP contribution in [-0.4, -0.2) is 35.9 Å². The Kier molecular flexibility index (Phi) is 6.97. The minimum absolute atomic E-state index is 0.0166. The predicted octanol–water partition coefficient (Wildman–Crippen LogP) is 2.93. The van der Waals surface area contributed by atoms with Gasteiger partial charge in [-0.2, -0.15) is 0 Å². The summed E-state index contributed by atoms with van der Waals surface area (Å²) in [6, 6.07) is 0. The molecule has 122 valence electrons. The van der Waals surface area contributed by atoms with E-state index in [2.05, 4.69) is 5.32 Å². The third-order valence-electron chi connectivity index (χ3n) is 4.82. The van der Waals surface area contributed by atoms with E-state index in [1.54, 1.807) is 0 Å². The highest BCUT2D eigenvalue weighted by Gasteiger charge is 2.31. The molecule has 21 heavy (non-hydrogen) atoms. The maximum absolute atomic E-state index is 11.9. The molecular formula is C17H31NO3. The van der Waals surface area contributed by atoms with Crippen molar-refractivity contribution in [1.82, 2.24) is 5.32 Å². The molecule has 0 spiro atoms. The number of hydrogen-bond acceptors (Lipinski definition) is 3. The molecule has 0 aromatic carbocycles. The Balaban J connectivity index is 1.50. The summed E-state index contributed by atoms with van der Waals surface area (Å²) in [5, 5.41) is 13.2. The van der Waals surface area contributed by atoms with Crippen LogP contribution in [0.15, 0.2) is 0 Å². The highest BCUT2D eigenvalue weighted by atomic mass is 16.5. The molecule has 2 fully saturated rings. The molecule has 0 aliphatic heterocycles. The van der Waals surface area contributed by atoms with Crippen molar-refractivity contribution in [2.75, 3.05) is 13.2 Å². The number of aliphatic hydroxyl groups is 1. The van der Waals surface area contributed by atoms with Gasteiger partial charge in [0.05, 0.1) is 18.1 Å². The van der Waals surface area contributed by atoms with Gasteiger partial charge in [0.1, 0.15) is 0 Å². The molecule has 0 unspecified atom stereocenters. The number of ether oxygens (including phenoxy) is 1. The average molecular weight is 297 g/mol. The maximum atomic E-state index is 11.9. The highest BCUT2D eigenvalue weighted by Crippen LogP contribution is 2.30. The van der Waals surface area contributed by atoms with Gasteiger partial charge in [0.25, 0.3) is 0 Å². The van der Waals surface area contributed by atoms with Gasteiger partial charge in [-0.3, -0.25) is 4.79 Å². The molecular weight excluding hydrogens is 266 g/mol. The standard InChI is InChI=1S/C17H31NO3/c19-16(14-17(20)10-5-2-6-11-17)18-12-7-13-21-15-8-3-1-4-9-15/h15,20H,1-14H2,(H,18,19). The Labute approximate surface area is 128 Å². The van der Waals surface area contributed by atoms with Crippen LogP contribution in [0.25, 0.3) is 0 Å². The molecule has 0 atom stereocenters. The van der Waals surface area contributed by atoms with E-state index in [-0.39, 0.29) is 12.3 Å². The van der Waals surface area contributed by atoms with Crippen molar-refractivity contribution < 1.29 is 14.6 Å². The van der Waals surface area contributed by atoms with Gasteiger partial charge in [0.15, 0.2) is 0 Å². The van der Waals surface area contributed by atoms with Crippen LogP contribution in [0, 0.1) is 0 Å². The van der Waals surface area contributed by atoms with Crippen LogP contribution >= 0.6 is 0 Å². The molecule has 2 aliphatic rings. The summed E-state index contributed by atoms with van der Waals surface area (Å²) in [6.45, 7) is 1.39. The molecule has 2 N–H and O–H groups in total. The number of carbonyl (C=O) groups excluding carboxylic acids is 1. The fourth-order valence-corrected chi connectivity index (χ4v) is 3.53. The molecule has 2 saturated carbocycles. The van der Waals surface area contributed by atoms with E-state index in [4.69, 9.17) is 4.74 Å². The first kappa shape index (κ1) is 16.8. The number of amides is 1. The first-order valence-corrected chi connectivity index (χ1v) is 8.79. The zero-order valence-electron chi connectivity index (χ0n) is 13.2. The Morgan fingerprint density at radius 2 is 1.76 bits per heavy atom. The van der Waals surface area contributed by atoms with E-state index in [9.17, 15) is 9.90 Å². The van der Waals surface area contributed by atoms with Crippen LogP contribution in [-0.2, 0) is 9.53 Å². The van der Waals surface area contributed by atoms with Crippen LogP contribution in [0.4, 0.5) is 0 Å². The zero-order chi connectivity index (χ0) is 15.0. The van der Waals surface area contributed by atoms with Gasteiger partial charge < -0.3 is 15.2 Å². The molecule has 4 heteroatoms. The Hall–Kier alpha value is -0.610. The Bertz CT molecular complexity index is 307. The zero-order valence-corrected chi connectivity index (χ0v) is 13.2. The number of rotatable bonds is 7. The minimum atomic E-state index is -0.749. The molecule has 0 aromatic heterocycles. The van der Waals surface area contributed by atoms with Gasteiger partial charge in [-0.1, -0.05) is 38.5 Å². The molecule has 1 amide bonds. The summed E-state index contributed by atoms with van der Waals surface area (Å²) in [4.78, 5) is 11.9. The van der Waals surface area contributed by atoms with E-state index < -0.39 is 5.60 Å². The summed E-state index contributed by atoms with van der Waals surface area (Å²) >= 11 is 0. The lowest BCUT2D eigenvalue weighted by Crippen LogP contribution is -2.38. The summed E-state index contributed by atoms with van der Waals surface area (Å²) in [5.41, 5.74) is -0.749. The fraction of sp³-hybridized carbons (Fsp3) is 0.941. The monoisotopic (exact) mass is 297 g/mol. The van der Waals surface area contributed by atoms with Crippen LogP contribution in [0.2, 0.25) is 0 Å². The van der Waals surface area contributed by atoms with Crippen LogP contribution in [0.5, 0.6) is 0 Å². The van der Waals surface area contributed by atoms with Crippen molar-refractivity contribution in [1.29, 1.82) is 0 Å². The van der Waals surface area contributed by atoms with Gasteiger partial charge in [-0.15, -0.1) is 0 Å². The fourth-order valence-electron chi connectivity index (χ4n) is 3.53. The van der Waals surface area contributed by atoms with Gasteiger partial charge in [-0.05, 0) is 32.1 Å². The lowest BCUT2D eigenvalue weighted by molar-refractivity contribution is -0.127. The average Bonchev–Trinajstić information content (AvgIpc) is 2.48. The normalized spacial score (nSPS) is 22.9. The number of hydrogen-bond donors (Lipinski definition) is 2. The van der Waals surface area contributed by atoms with E-state index in [0.29, 0.717) is 12.6 Å². The highest BCUT2D eigenvalue weighted by molar-refractivity contribution is 5.76. The SMILES string of the molecule is O=C(CC1(O)CCCCC1)NCCCOC1CCCCC1. The Morgan fingerprint density at radius 1 is 1.10 bits per heavy atom. The van der Waals surface area contributed by atoms with E-state index in [1.807, 2.05) is 0 Å². The lowest BCUT2D eigenvalue weighted by Gasteiger charge is -2.31. The molecule has 2 aliphatic carbocycles. The van der Waals surface area contributed by atoms with Gasteiger partial charge >= 0.3 is 0 Å². The second-order valence-corrected chi connectivity index (χ2v) is 6.80. The molecule has 4 nitrogen and oxygen atoms in total. The second kappa shape index (κ2) is 8.74. The van der Waals surface area contributed by atoms with E-state index in [0.717, 1.165) is 38.7 Å². The molecule has 0 radical (unpaired) electrons. The molecule has 2 rings (SSSR count). The van der Waals surface area contributed by atoms with Crippen molar-refractivity contribution in [3.8, 4) is 0 Å². The number of nitrogens with one attached hydrogen (secondary N) is 1.